The van der Waals surface area contributed by atoms with Gasteiger partial charge >= 0.3 is 0 Å². The summed E-state index contributed by atoms with van der Waals surface area (Å²) in [5, 5.41) is 0. The largest absolute Gasteiger partial charge is 0.491 e. The van der Waals surface area contributed by atoms with E-state index in [1.807, 2.05) is 0 Å². The highest BCUT2D eigenvalue weighted by Gasteiger charge is 2.22. The summed E-state index contributed by atoms with van der Waals surface area (Å²) in [4.78, 5) is 13.5. The van der Waals surface area contributed by atoms with E-state index in [0.717, 1.165) is 0 Å². The van der Waals surface area contributed by atoms with Crippen molar-refractivity contribution in [2.45, 2.75) is 25.4 Å². The first-order chi connectivity index (χ1) is 16.2. The Bertz CT molecular complexity index is 1060. The first-order valence-corrected chi connectivity index (χ1v) is 13.2. The summed E-state index contributed by atoms with van der Waals surface area (Å²) in [7, 11) is -2.34. The van der Waals surface area contributed by atoms with Crippen molar-refractivity contribution in [3.63, 3.8) is 0 Å². The van der Waals surface area contributed by atoms with Gasteiger partial charge < -0.3 is 18.9 Å². The Morgan fingerprint density at radius 2 is 1.06 bits per heavy atom. The van der Waals surface area contributed by atoms with Crippen molar-refractivity contribution in [3.05, 3.63) is 57.6 Å². The van der Waals surface area contributed by atoms with Gasteiger partial charge in [0.1, 0.15) is 46.1 Å². The molecule has 0 radical (unpaired) electrons. The molecule has 0 saturated carbocycles. The summed E-state index contributed by atoms with van der Waals surface area (Å²) in [6, 6.07) is 6.27. The topological polar surface area (TPSA) is 122 Å². The van der Waals surface area contributed by atoms with Gasteiger partial charge in [-0.05, 0) is 13.8 Å². The van der Waals surface area contributed by atoms with E-state index in [4.69, 9.17) is 18.9 Å². The highest BCUT2D eigenvalue weighted by molar-refractivity contribution is 7.71. The first-order valence-electron chi connectivity index (χ1n) is 10.5. The van der Waals surface area contributed by atoms with Crippen LogP contribution in [0.15, 0.2) is 24.3 Å². The minimum Gasteiger partial charge on any atom is -0.491 e. The molecule has 0 aliphatic heterocycles. The molecule has 0 saturated heterocycles. The Morgan fingerprint density at radius 3 is 1.38 bits per heavy atom. The third-order valence-electron chi connectivity index (χ3n) is 5.13. The van der Waals surface area contributed by atoms with E-state index in [1.165, 1.54) is 14.2 Å². The smallest absolute Gasteiger partial charge is 0.193 e. The Labute approximate surface area is 202 Å². The van der Waals surface area contributed by atoms with E-state index in [0.29, 0.717) is 58.1 Å². The lowest BCUT2D eigenvalue weighted by Gasteiger charge is -2.18. The molecule has 0 N–H and O–H groups in total. The predicted molar refractivity (Wildman–Crippen MR) is 129 cm³/mol. The van der Waals surface area contributed by atoms with Gasteiger partial charge in [-0.15, -0.1) is 0 Å². The average Bonchev–Trinajstić information content (AvgIpc) is 2.77. The molecule has 0 spiro atoms. The molecule has 9 nitrogen and oxygen atoms in total. The van der Waals surface area contributed by atoms with Gasteiger partial charge in [-0.3, -0.25) is 4.79 Å². The van der Waals surface area contributed by atoms with Gasteiger partial charge in [0, 0.05) is 47.6 Å². The molecule has 2 aromatic rings. The molecular weight excluding hydrogens is 484 g/mol. The summed E-state index contributed by atoms with van der Waals surface area (Å²) in [5.74, 6) is -0.0937. The van der Waals surface area contributed by atoms with E-state index in [1.54, 1.807) is 38.1 Å². The van der Waals surface area contributed by atoms with Crippen LogP contribution in [0.2, 0.25) is 0 Å². The second-order valence-corrected chi connectivity index (χ2v) is 9.41. The molecule has 2 rings (SSSR count). The molecule has 0 aliphatic rings. The molecule has 0 aliphatic carbocycles. The molecule has 0 aromatic heterocycles. The van der Waals surface area contributed by atoms with Crippen LogP contribution in [0.5, 0.6) is 11.5 Å². The van der Waals surface area contributed by atoms with Crippen molar-refractivity contribution in [2.24, 2.45) is 0 Å². The van der Waals surface area contributed by atoms with Gasteiger partial charge in [-0.25, -0.2) is 16.8 Å². The van der Waals surface area contributed by atoms with E-state index < -0.39 is 21.4 Å². The molecule has 0 amide bonds. The third kappa shape index (κ3) is 7.26. The number of carbonyl (C=O) groups is 1. The Hall–Kier alpha value is -2.47. The highest BCUT2D eigenvalue weighted by Crippen LogP contribution is 2.33. The zero-order chi connectivity index (χ0) is 25.3. The first kappa shape index (κ1) is 27.8. The van der Waals surface area contributed by atoms with Crippen LogP contribution >= 0.6 is 0 Å². The van der Waals surface area contributed by atoms with Gasteiger partial charge in [0.15, 0.2) is 5.78 Å². The fourth-order valence-electron chi connectivity index (χ4n) is 3.52. The summed E-state index contributed by atoms with van der Waals surface area (Å²) in [5.41, 5.74) is 2.59. The second-order valence-electron chi connectivity index (χ2n) is 7.45. The van der Waals surface area contributed by atoms with Crippen molar-refractivity contribution in [2.75, 3.05) is 40.6 Å². The zero-order valence-corrected chi connectivity index (χ0v) is 21.4. The molecule has 0 heterocycles. The highest BCUT2D eigenvalue weighted by atomic mass is 32.2. The fraction of sp³-hybridized carbons (Fsp3) is 0.435. The molecule has 0 fully saturated rings. The van der Waals surface area contributed by atoms with E-state index >= 15 is 0 Å². The van der Waals surface area contributed by atoms with Gasteiger partial charge in [0.25, 0.3) is 0 Å². The maximum Gasteiger partial charge on any atom is 0.193 e. The lowest BCUT2D eigenvalue weighted by atomic mass is 9.93. The Balaban J connectivity index is 2.54. The van der Waals surface area contributed by atoms with Crippen LogP contribution in [0.3, 0.4) is 0 Å². The predicted octanol–water partition coefficient (Wildman–Crippen LogP) is 1.81. The van der Waals surface area contributed by atoms with Crippen LogP contribution in [0.4, 0.5) is 0 Å². The number of hydrogen-bond acceptors (Lipinski definition) is 9. The van der Waals surface area contributed by atoms with Crippen molar-refractivity contribution >= 4 is 27.2 Å². The summed E-state index contributed by atoms with van der Waals surface area (Å²) >= 11 is 0. The maximum absolute atomic E-state index is 13.5. The van der Waals surface area contributed by atoms with Crippen molar-refractivity contribution in [3.8, 4) is 11.5 Å². The quantitative estimate of drug-likeness (QED) is 0.221. The second kappa shape index (κ2) is 13.4. The minimum absolute atomic E-state index is 0.191. The molecule has 0 atom stereocenters. The summed E-state index contributed by atoms with van der Waals surface area (Å²) in [6.07, 6.45) is 0. The van der Waals surface area contributed by atoms with Crippen LogP contribution in [-0.2, 0) is 42.4 Å². The van der Waals surface area contributed by atoms with Crippen LogP contribution < -0.4 is 9.47 Å². The van der Waals surface area contributed by atoms with E-state index in [9.17, 15) is 21.6 Å². The molecule has 2 aromatic carbocycles. The molecule has 0 unspecified atom stereocenters. The van der Waals surface area contributed by atoms with Crippen LogP contribution in [0, 0.1) is 13.8 Å². The number of carbonyl (C=O) groups excluding carboxylic acids is 1. The molecule has 188 valence electrons. The number of ether oxygens (including phenoxy) is 4. The fourth-order valence-corrected chi connectivity index (χ4v) is 4.57. The van der Waals surface area contributed by atoms with Gasteiger partial charge in [-0.1, -0.05) is 24.3 Å². The average molecular weight is 515 g/mol. The standard InChI is InChI=1S/C23H30O9S2/c1-15-19(7-5-17(13-33(25)26)22(15)31-11-9-29-3)21(24)20-8-6-18(14-34(27)28)23(16(20)2)32-12-10-30-4/h5-8,33-34H,9-14H2,1-4H3. The molecule has 0 bridgehead atoms. The van der Waals surface area contributed by atoms with Gasteiger partial charge in [0.2, 0.25) is 0 Å². The minimum atomic E-state index is -2.69. The Morgan fingerprint density at radius 1 is 0.676 bits per heavy atom. The molecular formula is C23H30O9S2. The van der Waals surface area contributed by atoms with Crippen molar-refractivity contribution in [1.82, 2.24) is 0 Å². The van der Waals surface area contributed by atoms with Crippen molar-refractivity contribution < 1.29 is 40.6 Å². The summed E-state index contributed by atoms with van der Waals surface area (Å²) in [6.45, 7) is 4.36. The van der Waals surface area contributed by atoms with Crippen LogP contribution in [0.1, 0.15) is 38.2 Å². The van der Waals surface area contributed by atoms with Gasteiger partial charge in [-0.2, -0.15) is 0 Å². The Kier molecular flexibility index (Phi) is 11.0. The van der Waals surface area contributed by atoms with E-state index in [2.05, 4.69) is 0 Å². The zero-order valence-electron chi connectivity index (χ0n) is 19.6. The number of ketones is 1. The van der Waals surface area contributed by atoms with Crippen LogP contribution in [0.25, 0.3) is 0 Å². The lowest BCUT2D eigenvalue weighted by Crippen LogP contribution is -2.13. The SMILES string of the molecule is COCCOc1c(C[SH](=O)=O)ccc(C(=O)c2ccc(C[SH](=O)=O)c(OCCOC)c2C)c1C. The van der Waals surface area contributed by atoms with Gasteiger partial charge in [0.05, 0.1) is 24.7 Å². The third-order valence-corrected chi connectivity index (χ3v) is 6.33. The number of methoxy groups -OCH3 is 2. The monoisotopic (exact) mass is 514 g/mol. The normalized spacial score (nSPS) is 11.2. The maximum atomic E-state index is 13.5. The number of benzene rings is 2. The molecule has 34 heavy (non-hydrogen) atoms. The number of hydrogen-bond donors (Lipinski definition) is 2. The lowest BCUT2D eigenvalue weighted by molar-refractivity contribution is 0.103. The summed E-state index contributed by atoms with van der Waals surface area (Å²) < 4.78 is 66.8. The number of thiol groups is 2. The van der Waals surface area contributed by atoms with Crippen molar-refractivity contribution in [1.29, 1.82) is 0 Å². The van der Waals surface area contributed by atoms with Crippen LogP contribution in [-0.4, -0.2) is 63.3 Å². The van der Waals surface area contributed by atoms with E-state index in [-0.39, 0.29) is 30.5 Å². The number of rotatable bonds is 14. The molecule has 11 heteroatoms.